The standard InChI is InChI=1S/C17H29N3O/c1-4-11-20-12-7-8-15(13-20)14(3)19-16-9-6-10-18-17(16)21-5-2/h6,9-10,14-15,19H,4-5,7-8,11-13H2,1-3H3. The fourth-order valence-electron chi connectivity index (χ4n) is 3.13. The maximum Gasteiger partial charge on any atom is 0.237 e. The van der Waals surface area contributed by atoms with E-state index in [2.05, 4.69) is 35.1 Å². The van der Waals surface area contributed by atoms with Gasteiger partial charge in [-0.3, -0.25) is 0 Å². The first-order valence-corrected chi connectivity index (χ1v) is 8.31. The highest BCUT2D eigenvalue weighted by atomic mass is 16.5. The first-order chi connectivity index (χ1) is 10.2. The molecule has 4 heteroatoms. The van der Waals surface area contributed by atoms with Crippen LogP contribution < -0.4 is 10.1 Å². The van der Waals surface area contributed by atoms with Gasteiger partial charge in [0.2, 0.25) is 5.88 Å². The van der Waals surface area contributed by atoms with Crippen molar-refractivity contribution in [1.82, 2.24) is 9.88 Å². The number of anilines is 1. The van der Waals surface area contributed by atoms with E-state index >= 15 is 0 Å². The number of rotatable bonds is 7. The number of aromatic nitrogens is 1. The van der Waals surface area contributed by atoms with Gasteiger partial charge in [0.25, 0.3) is 0 Å². The second-order valence-corrected chi connectivity index (χ2v) is 5.93. The average molecular weight is 291 g/mol. The zero-order chi connectivity index (χ0) is 15.1. The van der Waals surface area contributed by atoms with Crippen molar-refractivity contribution in [3.05, 3.63) is 18.3 Å². The van der Waals surface area contributed by atoms with Gasteiger partial charge in [-0.25, -0.2) is 4.98 Å². The Labute approximate surface area is 128 Å². The molecule has 2 atom stereocenters. The molecule has 0 amide bonds. The van der Waals surface area contributed by atoms with Crippen LogP contribution in [0.15, 0.2) is 18.3 Å². The average Bonchev–Trinajstić information content (AvgIpc) is 2.50. The highest BCUT2D eigenvalue weighted by Gasteiger charge is 2.24. The van der Waals surface area contributed by atoms with E-state index in [0.29, 0.717) is 24.4 Å². The first-order valence-electron chi connectivity index (χ1n) is 8.31. The lowest BCUT2D eigenvalue weighted by molar-refractivity contribution is 0.165. The largest absolute Gasteiger partial charge is 0.476 e. The van der Waals surface area contributed by atoms with E-state index in [-0.39, 0.29) is 0 Å². The maximum atomic E-state index is 5.60. The van der Waals surface area contributed by atoms with Gasteiger partial charge in [0, 0.05) is 18.8 Å². The molecule has 1 fully saturated rings. The normalized spacial score (nSPS) is 21.0. The van der Waals surface area contributed by atoms with Gasteiger partial charge in [0.05, 0.1) is 12.3 Å². The monoisotopic (exact) mass is 291 g/mol. The lowest BCUT2D eigenvalue weighted by Gasteiger charge is -2.36. The Morgan fingerprint density at radius 3 is 3.10 bits per heavy atom. The summed E-state index contributed by atoms with van der Waals surface area (Å²) in [6.07, 6.45) is 5.64. The lowest BCUT2D eigenvalue weighted by Crippen LogP contribution is -2.42. The number of hydrogen-bond acceptors (Lipinski definition) is 4. The van der Waals surface area contributed by atoms with Crippen molar-refractivity contribution < 1.29 is 4.74 Å². The zero-order valence-electron chi connectivity index (χ0n) is 13.6. The van der Waals surface area contributed by atoms with Gasteiger partial charge in [-0.1, -0.05) is 6.92 Å². The molecule has 4 nitrogen and oxygen atoms in total. The van der Waals surface area contributed by atoms with Crippen LogP contribution >= 0.6 is 0 Å². The van der Waals surface area contributed by atoms with Crippen LogP contribution in [0, 0.1) is 5.92 Å². The third-order valence-corrected chi connectivity index (χ3v) is 4.22. The van der Waals surface area contributed by atoms with Crippen molar-refractivity contribution in [1.29, 1.82) is 0 Å². The predicted molar refractivity (Wildman–Crippen MR) is 87.9 cm³/mol. The van der Waals surface area contributed by atoms with Crippen LogP contribution in [0.4, 0.5) is 5.69 Å². The number of likely N-dealkylation sites (tertiary alicyclic amines) is 1. The summed E-state index contributed by atoms with van der Waals surface area (Å²) in [4.78, 5) is 6.91. The second-order valence-electron chi connectivity index (χ2n) is 5.93. The Hall–Kier alpha value is -1.29. The van der Waals surface area contributed by atoms with Gasteiger partial charge in [-0.15, -0.1) is 0 Å². The summed E-state index contributed by atoms with van der Waals surface area (Å²) in [5.74, 6) is 1.41. The molecule has 2 unspecified atom stereocenters. The predicted octanol–water partition coefficient (Wildman–Crippen LogP) is 3.40. The van der Waals surface area contributed by atoms with Crippen LogP contribution in [0.3, 0.4) is 0 Å². The Balaban J connectivity index is 1.95. The first kappa shape index (κ1) is 16.1. The molecule has 21 heavy (non-hydrogen) atoms. The van der Waals surface area contributed by atoms with Gasteiger partial charge in [-0.2, -0.15) is 0 Å². The quantitative estimate of drug-likeness (QED) is 0.835. The number of nitrogens with zero attached hydrogens (tertiary/aromatic N) is 2. The van der Waals surface area contributed by atoms with E-state index in [9.17, 15) is 0 Å². The van der Waals surface area contributed by atoms with Gasteiger partial charge < -0.3 is 15.0 Å². The van der Waals surface area contributed by atoms with Crippen molar-refractivity contribution in [3.8, 4) is 5.88 Å². The van der Waals surface area contributed by atoms with Crippen LogP contribution in [0.1, 0.15) is 40.0 Å². The zero-order valence-corrected chi connectivity index (χ0v) is 13.6. The summed E-state index contributed by atoms with van der Waals surface area (Å²) in [5, 5.41) is 3.61. The number of hydrogen-bond donors (Lipinski definition) is 1. The minimum atomic E-state index is 0.438. The third-order valence-electron chi connectivity index (χ3n) is 4.22. The topological polar surface area (TPSA) is 37.4 Å². The van der Waals surface area contributed by atoms with Gasteiger partial charge >= 0.3 is 0 Å². The highest BCUT2D eigenvalue weighted by molar-refractivity contribution is 5.52. The smallest absolute Gasteiger partial charge is 0.237 e. The minimum Gasteiger partial charge on any atom is -0.476 e. The van der Waals surface area contributed by atoms with Crippen molar-refractivity contribution in [2.24, 2.45) is 5.92 Å². The maximum absolute atomic E-state index is 5.60. The molecule has 1 aliphatic heterocycles. The Kier molecular flexibility index (Phi) is 6.30. The summed E-state index contributed by atoms with van der Waals surface area (Å²) < 4.78 is 5.60. The fraction of sp³-hybridized carbons (Fsp3) is 0.706. The summed E-state index contributed by atoms with van der Waals surface area (Å²) >= 11 is 0. The molecule has 0 aliphatic carbocycles. The van der Waals surface area contributed by atoms with Crippen LogP contribution in [0.2, 0.25) is 0 Å². The van der Waals surface area contributed by atoms with Crippen LogP contribution in [0.25, 0.3) is 0 Å². The van der Waals surface area contributed by atoms with Crippen molar-refractivity contribution in [3.63, 3.8) is 0 Å². The minimum absolute atomic E-state index is 0.438. The number of piperidine rings is 1. The highest BCUT2D eigenvalue weighted by Crippen LogP contribution is 2.26. The Morgan fingerprint density at radius 1 is 1.48 bits per heavy atom. The molecule has 1 aliphatic rings. The number of pyridine rings is 1. The van der Waals surface area contributed by atoms with E-state index in [1.165, 1.54) is 38.9 Å². The van der Waals surface area contributed by atoms with E-state index in [1.807, 2.05) is 13.0 Å². The van der Waals surface area contributed by atoms with Crippen LogP contribution in [0.5, 0.6) is 5.88 Å². The van der Waals surface area contributed by atoms with E-state index in [1.54, 1.807) is 6.20 Å². The molecule has 0 saturated carbocycles. The molecule has 1 aromatic rings. The van der Waals surface area contributed by atoms with Crippen LogP contribution in [-0.4, -0.2) is 42.2 Å². The molecule has 118 valence electrons. The Bertz CT molecular complexity index is 422. The lowest BCUT2D eigenvalue weighted by atomic mass is 9.91. The molecule has 1 saturated heterocycles. The summed E-state index contributed by atoms with van der Waals surface area (Å²) in [6.45, 7) is 10.9. The molecule has 1 N–H and O–H groups in total. The second kappa shape index (κ2) is 8.23. The molecule has 1 aromatic heterocycles. The van der Waals surface area contributed by atoms with Crippen molar-refractivity contribution in [2.45, 2.75) is 46.1 Å². The summed E-state index contributed by atoms with van der Waals surface area (Å²) in [7, 11) is 0. The molecule has 0 spiro atoms. The van der Waals surface area contributed by atoms with E-state index < -0.39 is 0 Å². The fourth-order valence-corrected chi connectivity index (χ4v) is 3.13. The molecule has 2 heterocycles. The van der Waals surface area contributed by atoms with Crippen molar-refractivity contribution >= 4 is 5.69 Å². The molecular formula is C17H29N3O. The molecule has 0 bridgehead atoms. The van der Waals surface area contributed by atoms with Crippen LogP contribution in [-0.2, 0) is 0 Å². The summed E-state index contributed by atoms with van der Waals surface area (Å²) in [6, 6.07) is 4.45. The van der Waals surface area contributed by atoms with Gasteiger partial charge in [0.15, 0.2) is 0 Å². The van der Waals surface area contributed by atoms with Gasteiger partial charge in [0.1, 0.15) is 0 Å². The van der Waals surface area contributed by atoms with Gasteiger partial charge in [-0.05, 0) is 64.3 Å². The van der Waals surface area contributed by atoms with Crippen molar-refractivity contribution in [2.75, 3.05) is 31.6 Å². The van der Waals surface area contributed by atoms with E-state index in [0.717, 1.165) is 5.69 Å². The SMILES string of the molecule is CCCN1CCCC(C(C)Nc2cccnc2OCC)C1. The number of ether oxygens (including phenoxy) is 1. The Morgan fingerprint density at radius 2 is 2.33 bits per heavy atom. The molecule has 2 rings (SSSR count). The van der Waals surface area contributed by atoms with E-state index in [4.69, 9.17) is 4.74 Å². The molecular weight excluding hydrogens is 262 g/mol. The molecule has 0 radical (unpaired) electrons. The molecule has 0 aromatic carbocycles. The number of nitrogens with one attached hydrogen (secondary N) is 1. The summed E-state index contributed by atoms with van der Waals surface area (Å²) in [5.41, 5.74) is 1.01. The third kappa shape index (κ3) is 4.60.